The van der Waals surface area contributed by atoms with Crippen LogP contribution in [0.1, 0.15) is 0 Å². The first-order chi connectivity index (χ1) is 7.96. The number of rotatable bonds is 2. The van der Waals surface area contributed by atoms with Crippen molar-refractivity contribution in [3.05, 3.63) is 12.2 Å². The summed E-state index contributed by atoms with van der Waals surface area (Å²) >= 11 is 0. The normalized spacial score (nSPS) is 16.2. The Labute approximate surface area is 96.2 Å². The highest BCUT2D eigenvalue weighted by molar-refractivity contribution is 5.15. The van der Waals surface area contributed by atoms with Crippen LogP contribution < -0.4 is 0 Å². The molecule has 0 fully saturated rings. The molecule has 0 rings (SSSR count). The van der Waals surface area contributed by atoms with E-state index in [2.05, 4.69) is 0 Å². The Balaban J connectivity index is 5.85. The highest BCUT2D eigenvalue weighted by Crippen LogP contribution is 2.55. The van der Waals surface area contributed by atoms with Crippen molar-refractivity contribution in [3.63, 3.8) is 0 Å². The maximum absolute atomic E-state index is 12.7. The van der Waals surface area contributed by atoms with Crippen LogP contribution in [0.5, 0.6) is 0 Å². The lowest BCUT2D eigenvalue weighted by Gasteiger charge is -2.34. The van der Waals surface area contributed by atoms with E-state index in [0.717, 1.165) is 0 Å². The first-order valence-corrected chi connectivity index (χ1v) is 3.93. The number of allylic oxidation sites excluding steroid dienone is 2. The Bertz CT molecular complexity index is 325. The minimum atomic E-state index is -7.16. The zero-order valence-corrected chi connectivity index (χ0v) is 8.19. The molecule has 0 saturated carbocycles. The van der Waals surface area contributed by atoms with Gasteiger partial charge in [-0.3, -0.25) is 0 Å². The van der Waals surface area contributed by atoms with E-state index >= 15 is 0 Å². The fourth-order valence-electron chi connectivity index (χ4n) is 0.853. The van der Waals surface area contributed by atoms with Crippen molar-refractivity contribution in [2.75, 3.05) is 0 Å². The maximum Gasteiger partial charge on any atom is 0.438 e. The van der Waals surface area contributed by atoms with E-state index in [9.17, 15) is 52.7 Å². The van der Waals surface area contributed by atoms with Gasteiger partial charge < -0.3 is 0 Å². The lowest BCUT2D eigenvalue weighted by molar-refractivity contribution is -0.387. The molecule has 0 radical (unpaired) electrons. The number of hydrogen-bond acceptors (Lipinski definition) is 0. The summed E-state index contributed by atoms with van der Waals surface area (Å²) in [6, 6.07) is 0. The first kappa shape index (κ1) is 17.9. The summed E-state index contributed by atoms with van der Waals surface area (Å²) in [5.74, 6) is -6.49. The molecule has 114 valence electrons. The van der Waals surface area contributed by atoms with Gasteiger partial charge in [0.1, 0.15) is 0 Å². The van der Waals surface area contributed by atoms with Gasteiger partial charge in [0.05, 0.1) is 0 Å². The van der Waals surface area contributed by atoms with E-state index in [1.807, 2.05) is 0 Å². The van der Waals surface area contributed by atoms with Crippen molar-refractivity contribution >= 4 is 0 Å². The van der Waals surface area contributed by atoms with Crippen LogP contribution in [0.3, 0.4) is 0 Å². The SMILES string of the molecule is FC(F)(F)/C=C/C(F)(F)C(F)(C(F)(F)F)C(F)(F)F. The molecule has 0 aromatic rings. The van der Waals surface area contributed by atoms with E-state index in [1.165, 1.54) is 0 Å². The third-order valence-corrected chi connectivity index (χ3v) is 1.72. The molecule has 0 spiro atoms. The zero-order valence-electron chi connectivity index (χ0n) is 8.19. The van der Waals surface area contributed by atoms with Gasteiger partial charge in [-0.05, 0) is 6.08 Å². The summed E-state index contributed by atoms with van der Waals surface area (Å²) in [7, 11) is 0. The second-order valence-corrected chi connectivity index (χ2v) is 3.15. The summed E-state index contributed by atoms with van der Waals surface area (Å²) in [5.41, 5.74) is -7.13. The van der Waals surface area contributed by atoms with Crippen molar-refractivity contribution in [1.82, 2.24) is 0 Å². The van der Waals surface area contributed by atoms with E-state index in [1.54, 1.807) is 0 Å². The van der Waals surface area contributed by atoms with Crippen LogP contribution in [0.4, 0.5) is 52.7 Å². The smallest absolute Gasteiger partial charge is 0.216 e. The second-order valence-electron chi connectivity index (χ2n) is 3.15. The Morgan fingerprint density at radius 3 is 1.00 bits per heavy atom. The van der Waals surface area contributed by atoms with Gasteiger partial charge in [0.15, 0.2) is 0 Å². The molecule has 0 aromatic carbocycles. The Morgan fingerprint density at radius 2 is 0.789 bits per heavy atom. The molecule has 0 N–H and O–H groups in total. The molecule has 0 atom stereocenters. The van der Waals surface area contributed by atoms with Crippen LogP contribution in [0.25, 0.3) is 0 Å². The highest BCUT2D eigenvalue weighted by Gasteiger charge is 2.83. The Kier molecular flexibility index (Phi) is 4.22. The molecule has 0 nitrogen and oxygen atoms in total. The summed E-state index contributed by atoms with van der Waals surface area (Å²) in [4.78, 5) is 0. The molecule has 0 bridgehead atoms. The van der Waals surface area contributed by atoms with Gasteiger partial charge in [0.25, 0.3) is 0 Å². The largest absolute Gasteiger partial charge is 0.438 e. The standard InChI is InChI=1S/C7H2F12/c8-3(9,1-2-4(10,11)12)5(13,6(14,15)16)7(17,18)19/h1-2H/b2-1+. The van der Waals surface area contributed by atoms with Gasteiger partial charge in [-0.15, -0.1) is 0 Å². The molecule has 19 heavy (non-hydrogen) atoms. The first-order valence-electron chi connectivity index (χ1n) is 3.93. The Morgan fingerprint density at radius 1 is 0.474 bits per heavy atom. The lowest BCUT2D eigenvalue weighted by atomic mass is 9.95. The van der Waals surface area contributed by atoms with Gasteiger partial charge >= 0.3 is 30.1 Å². The van der Waals surface area contributed by atoms with Crippen molar-refractivity contribution in [3.8, 4) is 0 Å². The molecule has 12 heteroatoms. The molecule has 0 aliphatic heterocycles. The summed E-state index contributed by atoms with van der Waals surface area (Å²) in [6.45, 7) is 0. The summed E-state index contributed by atoms with van der Waals surface area (Å²) in [6.07, 6.45) is -23.4. The molecule has 0 aromatic heterocycles. The topological polar surface area (TPSA) is 0 Å². The zero-order chi connectivity index (χ0) is 15.9. The van der Waals surface area contributed by atoms with Crippen LogP contribution >= 0.6 is 0 Å². The van der Waals surface area contributed by atoms with Crippen LogP contribution in [-0.4, -0.2) is 30.1 Å². The van der Waals surface area contributed by atoms with Crippen molar-refractivity contribution in [2.24, 2.45) is 0 Å². The fraction of sp³-hybridized carbons (Fsp3) is 0.714. The van der Waals surface area contributed by atoms with Crippen molar-refractivity contribution < 1.29 is 52.7 Å². The van der Waals surface area contributed by atoms with Crippen LogP contribution in [0.15, 0.2) is 12.2 Å². The average Bonchev–Trinajstić information content (AvgIpc) is 2.08. The maximum atomic E-state index is 12.7. The van der Waals surface area contributed by atoms with Gasteiger partial charge in [-0.25, -0.2) is 4.39 Å². The molecule has 0 aliphatic carbocycles. The van der Waals surface area contributed by atoms with Gasteiger partial charge in [-0.1, -0.05) is 0 Å². The highest BCUT2D eigenvalue weighted by atomic mass is 19.4. The second kappa shape index (κ2) is 4.47. The van der Waals surface area contributed by atoms with E-state index in [4.69, 9.17) is 0 Å². The molecular weight excluding hydrogens is 312 g/mol. The van der Waals surface area contributed by atoms with Crippen LogP contribution in [0.2, 0.25) is 0 Å². The van der Waals surface area contributed by atoms with E-state index < -0.39 is 42.3 Å². The van der Waals surface area contributed by atoms with Crippen molar-refractivity contribution in [2.45, 2.75) is 30.1 Å². The summed E-state index contributed by atoms with van der Waals surface area (Å²) < 4.78 is 143. The minimum absolute atomic E-state index is 1.61. The minimum Gasteiger partial charge on any atom is -0.216 e. The van der Waals surface area contributed by atoms with Crippen LogP contribution in [-0.2, 0) is 0 Å². The molecule has 0 aliphatic rings. The predicted octanol–water partition coefficient (Wildman–Crippen LogP) is 4.57. The number of halogens is 12. The summed E-state index contributed by atoms with van der Waals surface area (Å²) in [5, 5.41) is 0. The lowest BCUT2D eigenvalue weighted by Crippen LogP contribution is -2.63. The predicted molar refractivity (Wildman–Crippen MR) is 36.1 cm³/mol. The molecule has 0 heterocycles. The van der Waals surface area contributed by atoms with Crippen LogP contribution in [0, 0.1) is 0 Å². The van der Waals surface area contributed by atoms with E-state index in [-0.39, 0.29) is 0 Å². The molecular formula is C7H2F12. The van der Waals surface area contributed by atoms with Crippen molar-refractivity contribution in [1.29, 1.82) is 0 Å². The quantitative estimate of drug-likeness (QED) is 0.517. The third-order valence-electron chi connectivity index (χ3n) is 1.72. The number of hydrogen-bond donors (Lipinski definition) is 0. The average molecular weight is 314 g/mol. The number of alkyl halides is 12. The molecule has 0 saturated heterocycles. The Hall–Kier alpha value is -1.10. The van der Waals surface area contributed by atoms with Gasteiger partial charge in [0, 0.05) is 6.08 Å². The molecule has 0 amide bonds. The third kappa shape index (κ3) is 3.47. The monoisotopic (exact) mass is 314 g/mol. The molecule has 0 unspecified atom stereocenters. The van der Waals surface area contributed by atoms with Gasteiger partial charge in [-0.2, -0.15) is 48.3 Å². The fourth-order valence-corrected chi connectivity index (χ4v) is 0.853. The van der Waals surface area contributed by atoms with Gasteiger partial charge in [0.2, 0.25) is 0 Å². The van der Waals surface area contributed by atoms with E-state index in [0.29, 0.717) is 0 Å².